The maximum Gasteiger partial charge on any atom is 0.181 e. The molecule has 1 aliphatic carbocycles. The Hall–Kier alpha value is -2.13. The van der Waals surface area contributed by atoms with Gasteiger partial charge in [-0.3, -0.25) is 0 Å². The molecule has 0 radical (unpaired) electrons. The van der Waals surface area contributed by atoms with Crippen molar-refractivity contribution in [1.82, 2.24) is 0 Å². The molecule has 110 valence electrons. The van der Waals surface area contributed by atoms with Gasteiger partial charge in [-0.1, -0.05) is 60.7 Å². The van der Waals surface area contributed by atoms with E-state index in [1.165, 1.54) is 0 Å². The number of hydrogen-bond donors (Lipinski definition) is 0. The van der Waals surface area contributed by atoms with Crippen LogP contribution in [0.5, 0.6) is 0 Å². The van der Waals surface area contributed by atoms with Gasteiger partial charge in [-0.25, -0.2) is 8.42 Å². The van der Waals surface area contributed by atoms with E-state index in [1.807, 2.05) is 60.7 Å². The third kappa shape index (κ3) is 2.22. The molecule has 0 aliphatic heterocycles. The highest BCUT2D eigenvalue weighted by Gasteiger charge is 2.48. The Labute approximate surface area is 130 Å². The van der Waals surface area contributed by atoms with Gasteiger partial charge in [-0.05, 0) is 34.9 Å². The normalized spacial score (nSPS) is 20.9. The fourth-order valence-electron chi connectivity index (χ4n) is 3.08. The van der Waals surface area contributed by atoms with Crippen molar-refractivity contribution >= 4 is 20.6 Å². The Bertz CT molecular complexity index is 930. The molecule has 0 amide bonds. The Morgan fingerprint density at radius 3 is 2.23 bits per heavy atom. The first-order chi connectivity index (χ1) is 10.7. The second-order valence-corrected chi connectivity index (χ2v) is 8.01. The quantitative estimate of drug-likeness (QED) is 0.728. The van der Waals surface area contributed by atoms with Crippen LogP contribution in [-0.2, 0) is 9.84 Å². The largest absolute Gasteiger partial charge is 0.223 e. The molecule has 0 heterocycles. The lowest BCUT2D eigenvalue weighted by molar-refractivity contribution is 0.594. The van der Waals surface area contributed by atoms with Crippen molar-refractivity contribution in [3.63, 3.8) is 0 Å². The highest BCUT2D eigenvalue weighted by atomic mass is 32.2. The Morgan fingerprint density at radius 2 is 1.45 bits per heavy atom. The maximum atomic E-state index is 12.8. The highest BCUT2D eigenvalue weighted by Crippen LogP contribution is 2.48. The van der Waals surface area contributed by atoms with Gasteiger partial charge in [0.2, 0.25) is 0 Å². The molecule has 0 spiro atoms. The van der Waals surface area contributed by atoms with E-state index in [9.17, 15) is 8.42 Å². The molecule has 0 N–H and O–H groups in total. The topological polar surface area (TPSA) is 34.1 Å². The van der Waals surface area contributed by atoms with Crippen LogP contribution in [0.25, 0.3) is 10.8 Å². The average Bonchev–Trinajstić information content (AvgIpc) is 3.37. The third-order valence-electron chi connectivity index (χ3n) is 4.41. The molecule has 4 rings (SSSR count). The van der Waals surface area contributed by atoms with Crippen LogP contribution in [-0.4, -0.2) is 13.7 Å². The van der Waals surface area contributed by atoms with Crippen molar-refractivity contribution in [2.45, 2.75) is 22.5 Å². The van der Waals surface area contributed by atoms with Crippen LogP contribution < -0.4 is 0 Å². The zero-order chi connectivity index (χ0) is 15.2. The predicted octanol–water partition coefficient (Wildman–Crippen LogP) is 4.17. The van der Waals surface area contributed by atoms with Gasteiger partial charge >= 0.3 is 0 Å². The molecule has 0 bridgehead atoms. The summed E-state index contributed by atoms with van der Waals surface area (Å²) in [7, 11) is -3.25. The molecule has 1 saturated carbocycles. The van der Waals surface area contributed by atoms with Crippen LogP contribution in [0.1, 0.15) is 17.9 Å². The lowest BCUT2D eigenvalue weighted by Crippen LogP contribution is -2.09. The van der Waals surface area contributed by atoms with E-state index in [2.05, 4.69) is 0 Å². The van der Waals surface area contributed by atoms with Crippen LogP contribution >= 0.6 is 0 Å². The molecule has 2 nitrogen and oxygen atoms in total. The van der Waals surface area contributed by atoms with E-state index in [0.29, 0.717) is 4.90 Å². The minimum Gasteiger partial charge on any atom is -0.223 e. The molecule has 2 atom stereocenters. The van der Waals surface area contributed by atoms with Gasteiger partial charge in [0.1, 0.15) is 0 Å². The summed E-state index contributed by atoms with van der Waals surface area (Å²) in [5.74, 6) is 0.137. The van der Waals surface area contributed by atoms with E-state index in [-0.39, 0.29) is 11.2 Å². The zero-order valence-corrected chi connectivity index (χ0v) is 12.8. The number of fused-ring (bicyclic) bond motifs is 1. The third-order valence-corrected chi connectivity index (χ3v) is 6.64. The van der Waals surface area contributed by atoms with Crippen LogP contribution in [0.2, 0.25) is 0 Å². The van der Waals surface area contributed by atoms with Gasteiger partial charge < -0.3 is 0 Å². The van der Waals surface area contributed by atoms with Gasteiger partial charge in [-0.2, -0.15) is 0 Å². The fraction of sp³-hybridized carbons (Fsp3) is 0.158. The molecular formula is C19H16O2S. The molecule has 1 aliphatic rings. The minimum absolute atomic E-state index is 0.137. The summed E-state index contributed by atoms with van der Waals surface area (Å²) in [4.78, 5) is 0.439. The predicted molar refractivity (Wildman–Crippen MR) is 88.7 cm³/mol. The van der Waals surface area contributed by atoms with Crippen LogP contribution in [0, 0.1) is 0 Å². The number of sulfone groups is 1. The van der Waals surface area contributed by atoms with Gasteiger partial charge in [-0.15, -0.1) is 0 Å². The molecule has 22 heavy (non-hydrogen) atoms. The first-order valence-electron chi connectivity index (χ1n) is 7.44. The van der Waals surface area contributed by atoms with Crippen molar-refractivity contribution in [2.75, 3.05) is 0 Å². The monoisotopic (exact) mass is 308 g/mol. The molecule has 0 unspecified atom stereocenters. The van der Waals surface area contributed by atoms with Crippen LogP contribution in [0.3, 0.4) is 0 Å². The fourth-order valence-corrected chi connectivity index (χ4v) is 5.03. The number of rotatable bonds is 3. The van der Waals surface area contributed by atoms with Crippen molar-refractivity contribution in [2.24, 2.45) is 0 Å². The number of benzene rings is 3. The van der Waals surface area contributed by atoms with Gasteiger partial charge in [0, 0.05) is 5.92 Å². The summed E-state index contributed by atoms with van der Waals surface area (Å²) in [6, 6.07) is 23.2. The van der Waals surface area contributed by atoms with E-state index < -0.39 is 9.84 Å². The van der Waals surface area contributed by atoms with Crippen molar-refractivity contribution < 1.29 is 8.42 Å². The molecule has 3 aromatic rings. The first-order valence-corrected chi connectivity index (χ1v) is 8.98. The molecule has 1 fully saturated rings. The Morgan fingerprint density at radius 1 is 0.773 bits per heavy atom. The van der Waals surface area contributed by atoms with Crippen LogP contribution in [0.15, 0.2) is 77.7 Å². The summed E-state index contributed by atoms with van der Waals surface area (Å²) in [5.41, 5.74) is 1.12. The Balaban J connectivity index is 1.69. The maximum absolute atomic E-state index is 12.8. The average molecular weight is 308 g/mol. The summed E-state index contributed by atoms with van der Waals surface area (Å²) < 4.78 is 25.6. The van der Waals surface area contributed by atoms with Gasteiger partial charge in [0.15, 0.2) is 9.84 Å². The van der Waals surface area contributed by atoms with Gasteiger partial charge in [0.25, 0.3) is 0 Å². The highest BCUT2D eigenvalue weighted by molar-refractivity contribution is 7.92. The SMILES string of the molecule is O=S(=O)(c1ccc2ccccc2c1)[C@H]1C[C@H]1c1ccccc1. The smallest absolute Gasteiger partial charge is 0.181 e. The van der Waals surface area contributed by atoms with E-state index in [1.54, 1.807) is 12.1 Å². The van der Waals surface area contributed by atoms with E-state index >= 15 is 0 Å². The Kier molecular flexibility index (Phi) is 3.05. The number of hydrogen-bond acceptors (Lipinski definition) is 2. The summed E-state index contributed by atoms with van der Waals surface area (Å²) >= 11 is 0. The van der Waals surface area contributed by atoms with Gasteiger partial charge in [0.05, 0.1) is 10.1 Å². The molecule has 0 saturated heterocycles. The second kappa shape index (κ2) is 4.96. The molecule has 3 aromatic carbocycles. The zero-order valence-electron chi connectivity index (χ0n) is 12.0. The molecule has 0 aromatic heterocycles. The van der Waals surface area contributed by atoms with Crippen molar-refractivity contribution in [3.8, 4) is 0 Å². The standard InChI is InChI=1S/C19H16O2S/c20-22(21,19-13-18(19)15-7-2-1-3-8-15)17-11-10-14-6-4-5-9-16(14)12-17/h1-12,18-19H,13H2/t18-,19-/m0/s1. The van der Waals surface area contributed by atoms with Crippen molar-refractivity contribution in [1.29, 1.82) is 0 Å². The lowest BCUT2D eigenvalue weighted by Gasteiger charge is -2.06. The van der Waals surface area contributed by atoms with E-state index in [4.69, 9.17) is 0 Å². The second-order valence-electron chi connectivity index (χ2n) is 5.85. The lowest BCUT2D eigenvalue weighted by atomic mass is 10.1. The minimum atomic E-state index is -3.25. The summed E-state index contributed by atoms with van der Waals surface area (Å²) in [5, 5.41) is 1.76. The van der Waals surface area contributed by atoms with Crippen molar-refractivity contribution in [3.05, 3.63) is 78.4 Å². The summed E-state index contributed by atoms with van der Waals surface area (Å²) in [6.45, 7) is 0. The molecular weight excluding hydrogens is 292 g/mol. The first kappa shape index (κ1) is 13.5. The summed E-state index contributed by atoms with van der Waals surface area (Å²) in [6.07, 6.45) is 0.721. The van der Waals surface area contributed by atoms with E-state index in [0.717, 1.165) is 22.8 Å². The molecule has 3 heteroatoms. The van der Waals surface area contributed by atoms with Crippen LogP contribution in [0.4, 0.5) is 0 Å².